The Kier molecular flexibility index (Phi) is 5.61. The van der Waals surface area contributed by atoms with Crippen molar-refractivity contribution in [2.24, 2.45) is 0 Å². The predicted molar refractivity (Wildman–Crippen MR) is 99.4 cm³/mol. The van der Waals surface area contributed by atoms with Crippen LogP contribution in [0.15, 0.2) is 57.7 Å². The average Bonchev–Trinajstić information content (AvgIpc) is 2.96. The molecule has 0 spiro atoms. The van der Waals surface area contributed by atoms with Crippen molar-refractivity contribution in [3.63, 3.8) is 0 Å². The zero-order chi connectivity index (χ0) is 19.4. The second-order valence-corrected chi connectivity index (χ2v) is 6.36. The quantitative estimate of drug-likeness (QED) is 0.655. The smallest absolute Gasteiger partial charge is 0.420 e. The van der Waals surface area contributed by atoms with Crippen LogP contribution in [0.2, 0.25) is 5.02 Å². The minimum atomic E-state index is -0.710. The molecule has 1 amide bonds. The molecule has 3 aromatic rings. The molecular formula is C19H17ClN2O5. The van der Waals surface area contributed by atoms with Gasteiger partial charge in [0.2, 0.25) is 0 Å². The van der Waals surface area contributed by atoms with Crippen molar-refractivity contribution in [2.45, 2.75) is 19.5 Å². The summed E-state index contributed by atoms with van der Waals surface area (Å²) in [5.41, 5.74) is 1.74. The van der Waals surface area contributed by atoms with Gasteiger partial charge < -0.3 is 14.5 Å². The summed E-state index contributed by atoms with van der Waals surface area (Å²) < 4.78 is 11.2. The highest BCUT2D eigenvalue weighted by molar-refractivity contribution is 6.30. The molecule has 0 saturated carbocycles. The molecule has 0 aliphatic carbocycles. The van der Waals surface area contributed by atoms with Crippen LogP contribution < -0.4 is 11.1 Å². The number of nitrogens with zero attached hydrogens (tertiary/aromatic N) is 1. The number of oxazole rings is 1. The number of hydrogen-bond acceptors (Lipinski definition) is 5. The topological polar surface area (TPSA) is 90.5 Å². The molecule has 0 unspecified atom stereocenters. The van der Waals surface area contributed by atoms with Gasteiger partial charge in [0.15, 0.2) is 12.2 Å². The molecule has 7 nitrogen and oxygen atoms in total. The first-order valence-electron chi connectivity index (χ1n) is 8.23. The Morgan fingerprint density at radius 3 is 2.63 bits per heavy atom. The highest BCUT2D eigenvalue weighted by atomic mass is 35.5. The van der Waals surface area contributed by atoms with Gasteiger partial charge in [-0.15, -0.1) is 0 Å². The SMILES string of the molecule is C[C@H](NC(=O)COC(=O)Cn1c(=O)oc2ccccc21)c1ccc(Cl)cc1. The summed E-state index contributed by atoms with van der Waals surface area (Å²) in [6.07, 6.45) is 0. The molecule has 3 rings (SSSR count). The fraction of sp³-hybridized carbons (Fsp3) is 0.211. The maximum Gasteiger partial charge on any atom is 0.420 e. The van der Waals surface area contributed by atoms with Crippen LogP contribution in [0.3, 0.4) is 0 Å². The Balaban J connectivity index is 1.54. The van der Waals surface area contributed by atoms with Crippen LogP contribution in [0, 0.1) is 0 Å². The number of amides is 1. The van der Waals surface area contributed by atoms with Crippen LogP contribution in [0.25, 0.3) is 11.1 Å². The zero-order valence-corrected chi connectivity index (χ0v) is 15.2. The summed E-state index contributed by atoms with van der Waals surface area (Å²) in [5.74, 6) is -1.82. The first-order chi connectivity index (χ1) is 12.9. The molecule has 0 aliphatic heterocycles. The van der Waals surface area contributed by atoms with E-state index in [1.807, 2.05) is 0 Å². The standard InChI is InChI=1S/C19H17ClN2O5/c1-12(13-6-8-14(20)9-7-13)21-17(23)11-26-18(24)10-22-15-4-2-3-5-16(15)27-19(22)25/h2-9,12H,10-11H2,1H3,(H,21,23)/t12-/m0/s1. The molecule has 0 bridgehead atoms. The van der Waals surface area contributed by atoms with Gasteiger partial charge in [0.05, 0.1) is 11.6 Å². The lowest BCUT2D eigenvalue weighted by atomic mass is 10.1. The first kappa shape index (κ1) is 18.7. The Bertz CT molecular complexity index is 1020. The lowest BCUT2D eigenvalue weighted by Gasteiger charge is -2.14. The lowest BCUT2D eigenvalue weighted by molar-refractivity contribution is -0.149. The minimum absolute atomic E-state index is 0.270. The number of carbonyl (C=O) groups excluding carboxylic acids is 2. The fourth-order valence-corrected chi connectivity index (χ4v) is 2.73. The van der Waals surface area contributed by atoms with Gasteiger partial charge >= 0.3 is 11.7 Å². The predicted octanol–water partition coefficient (Wildman–Crippen LogP) is 2.67. The molecule has 27 heavy (non-hydrogen) atoms. The van der Waals surface area contributed by atoms with E-state index in [-0.39, 0.29) is 12.6 Å². The van der Waals surface area contributed by atoms with Crippen molar-refractivity contribution < 1.29 is 18.7 Å². The summed E-state index contributed by atoms with van der Waals surface area (Å²) in [5, 5.41) is 3.33. The summed E-state index contributed by atoms with van der Waals surface area (Å²) in [7, 11) is 0. The molecule has 1 aromatic heterocycles. The number of esters is 1. The van der Waals surface area contributed by atoms with Crippen molar-refractivity contribution >= 4 is 34.6 Å². The van der Waals surface area contributed by atoms with Crippen molar-refractivity contribution in [1.29, 1.82) is 0 Å². The summed E-state index contributed by atoms with van der Waals surface area (Å²) >= 11 is 5.84. The van der Waals surface area contributed by atoms with Crippen LogP contribution in [0.1, 0.15) is 18.5 Å². The van der Waals surface area contributed by atoms with E-state index in [9.17, 15) is 14.4 Å². The van der Waals surface area contributed by atoms with E-state index in [1.165, 1.54) is 0 Å². The molecule has 140 valence electrons. The summed E-state index contributed by atoms with van der Waals surface area (Å²) in [4.78, 5) is 35.8. The minimum Gasteiger partial charge on any atom is -0.454 e. The van der Waals surface area contributed by atoms with Crippen molar-refractivity contribution in [3.8, 4) is 0 Å². The first-order valence-corrected chi connectivity index (χ1v) is 8.60. The molecule has 1 heterocycles. The van der Waals surface area contributed by atoms with Crippen molar-refractivity contribution in [1.82, 2.24) is 9.88 Å². The van der Waals surface area contributed by atoms with Crippen LogP contribution in [0.4, 0.5) is 0 Å². The van der Waals surface area contributed by atoms with Crippen molar-refractivity contribution in [2.75, 3.05) is 6.61 Å². The highest BCUT2D eigenvalue weighted by Crippen LogP contribution is 2.16. The number of halogens is 1. The van der Waals surface area contributed by atoms with Gasteiger partial charge in [-0.25, -0.2) is 4.79 Å². The monoisotopic (exact) mass is 388 g/mol. The van der Waals surface area contributed by atoms with E-state index in [1.54, 1.807) is 55.5 Å². The van der Waals surface area contributed by atoms with Gasteiger partial charge in [0, 0.05) is 5.02 Å². The lowest BCUT2D eigenvalue weighted by Crippen LogP contribution is -2.32. The van der Waals surface area contributed by atoms with Gasteiger partial charge in [0.25, 0.3) is 5.91 Å². The molecule has 0 fully saturated rings. The second kappa shape index (κ2) is 8.09. The number of hydrogen-bond donors (Lipinski definition) is 1. The molecular weight excluding hydrogens is 372 g/mol. The summed E-state index contributed by atoms with van der Waals surface area (Å²) in [6, 6.07) is 13.5. The molecule has 0 aliphatic rings. The third kappa shape index (κ3) is 4.57. The fourth-order valence-electron chi connectivity index (χ4n) is 2.60. The van der Waals surface area contributed by atoms with Gasteiger partial charge in [-0.1, -0.05) is 35.9 Å². The number of ether oxygens (including phenoxy) is 1. The summed E-state index contributed by atoms with van der Waals surface area (Å²) in [6.45, 7) is 1.03. The van der Waals surface area contributed by atoms with E-state index >= 15 is 0 Å². The number of para-hydroxylation sites is 2. The van der Waals surface area contributed by atoms with Crippen LogP contribution in [0.5, 0.6) is 0 Å². The maximum absolute atomic E-state index is 12.0. The third-order valence-electron chi connectivity index (χ3n) is 3.97. The maximum atomic E-state index is 12.0. The highest BCUT2D eigenvalue weighted by Gasteiger charge is 2.15. The van der Waals surface area contributed by atoms with Crippen molar-refractivity contribution in [3.05, 3.63) is 69.7 Å². The second-order valence-electron chi connectivity index (χ2n) is 5.92. The van der Waals surface area contributed by atoms with Crippen LogP contribution in [-0.2, 0) is 20.9 Å². The number of nitrogens with one attached hydrogen (secondary N) is 1. The van der Waals surface area contributed by atoms with Gasteiger partial charge in [-0.3, -0.25) is 14.2 Å². The van der Waals surface area contributed by atoms with Crippen LogP contribution in [-0.4, -0.2) is 23.1 Å². The molecule has 0 radical (unpaired) electrons. The zero-order valence-electron chi connectivity index (χ0n) is 14.5. The average molecular weight is 389 g/mol. The van der Waals surface area contributed by atoms with E-state index in [0.29, 0.717) is 16.1 Å². The third-order valence-corrected chi connectivity index (χ3v) is 4.22. The number of rotatable bonds is 6. The van der Waals surface area contributed by atoms with E-state index < -0.39 is 24.2 Å². The largest absolute Gasteiger partial charge is 0.454 e. The molecule has 1 N–H and O–H groups in total. The Morgan fingerprint density at radius 2 is 1.89 bits per heavy atom. The molecule has 1 atom stereocenters. The van der Waals surface area contributed by atoms with Gasteiger partial charge in [0.1, 0.15) is 6.54 Å². The Hall–Kier alpha value is -3.06. The number of aromatic nitrogens is 1. The number of fused-ring (bicyclic) bond motifs is 1. The van der Waals surface area contributed by atoms with E-state index in [2.05, 4.69) is 5.32 Å². The van der Waals surface area contributed by atoms with Crippen LogP contribution >= 0.6 is 11.6 Å². The molecule has 0 saturated heterocycles. The van der Waals surface area contributed by atoms with E-state index in [0.717, 1.165) is 10.1 Å². The Labute approximate surface area is 159 Å². The van der Waals surface area contributed by atoms with Gasteiger partial charge in [-0.05, 0) is 36.8 Å². The number of benzene rings is 2. The normalized spacial score (nSPS) is 11.9. The molecule has 8 heteroatoms. The Morgan fingerprint density at radius 1 is 1.19 bits per heavy atom. The van der Waals surface area contributed by atoms with Gasteiger partial charge in [-0.2, -0.15) is 0 Å². The number of carbonyl (C=O) groups is 2. The molecule has 2 aromatic carbocycles. The van der Waals surface area contributed by atoms with E-state index in [4.69, 9.17) is 20.8 Å².